The summed E-state index contributed by atoms with van der Waals surface area (Å²) in [7, 11) is -7.63. The molecule has 3 atom stereocenters. The van der Waals surface area contributed by atoms with Crippen LogP contribution in [0.2, 0.25) is 0 Å². The topological polar surface area (TPSA) is 160 Å². The minimum atomic E-state index is -4.69. The van der Waals surface area contributed by atoms with Crippen LogP contribution in [0.3, 0.4) is 0 Å². The van der Waals surface area contributed by atoms with Gasteiger partial charge in [0.2, 0.25) is 0 Å². The van der Waals surface area contributed by atoms with Crippen molar-refractivity contribution in [3.8, 4) is 0 Å². The molecule has 0 amide bonds. The van der Waals surface area contributed by atoms with E-state index >= 15 is 0 Å². The molecule has 0 aromatic heterocycles. The van der Waals surface area contributed by atoms with Gasteiger partial charge < -0.3 is 20.6 Å². The van der Waals surface area contributed by atoms with Crippen LogP contribution in [0.15, 0.2) is 0 Å². The van der Waals surface area contributed by atoms with Crippen LogP contribution < -0.4 is 5.73 Å². The van der Waals surface area contributed by atoms with Crippen LogP contribution in [0.1, 0.15) is 6.42 Å². The van der Waals surface area contributed by atoms with Crippen molar-refractivity contribution in [3.05, 3.63) is 0 Å². The molecule has 96 valence electrons. The molecule has 1 unspecified atom stereocenters. The van der Waals surface area contributed by atoms with Gasteiger partial charge in [0.25, 0.3) is 0 Å². The van der Waals surface area contributed by atoms with Crippen LogP contribution in [-0.2, 0) is 18.2 Å². The second-order valence-electron chi connectivity index (χ2n) is 2.81. The largest absolute Gasteiger partial charge is 0.695 e. The SMILES string of the molecule is NCC[C@H](O[P+](=O)O)[C@H](O)COP(=O)(O)O. The third kappa shape index (κ3) is 8.23. The Balaban J connectivity index is 4.21. The highest BCUT2D eigenvalue weighted by Gasteiger charge is 2.31. The third-order valence-electron chi connectivity index (χ3n) is 1.52. The summed E-state index contributed by atoms with van der Waals surface area (Å²) < 4.78 is 29.1. The van der Waals surface area contributed by atoms with E-state index in [9.17, 15) is 14.2 Å². The smallest absolute Gasteiger partial charge is 0.388 e. The molecule has 0 aliphatic rings. The third-order valence-corrected chi connectivity index (χ3v) is 2.46. The van der Waals surface area contributed by atoms with Gasteiger partial charge in [0.05, 0.1) is 6.61 Å². The van der Waals surface area contributed by atoms with Gasteiger partial charge in [-0.15, -0.1) is 9.42 Å². The lowest BCUT2D eigenvalue weighted by molar-refractivity contribution is -0.00424. The van der Waals surface area contributed by atoms with Crippen LogP contribution in [0.5, 0.6) is 0 Å². The molecule has 0 rings (SSSR count). The molecular weight excluding hydrogens is 264 g/mol. The normalized spacial score (nSPS) is 16.9. The number of rotatable bonds is 8. The number of aliphatic hydroxyl groups excluding tert-OH is 1. The minimum Gasteiger partial charge on any atom is -0.388 e. The second-order valence-corrected chi connectivity index (χ2v) is 4.74. The predicted octanol–water partition coefficient (Wildman–Crippen LogP) is -1.16. The maximum atomic E-state index is 10.4. The van der Waals surface area contributed by atoms with E-state index in [1.165, 1.54) is 0 Å². The van der Waals surface area contributed by atoms with Gasteiger partial charge in [-0.1, -0.05) is 0 Å². The zero-order chi connectivity index (χ0) is 12.8. The van der Waals surface area contributed by atoms with Crippen molar-refractivity contribution in [1.82, 2.24) is 0 Å². The minimum absolute atomic E-state index is 0.0489. The molecule has 0 aromatic rings. The predicted molar refractivity (Wildman–Crippen MR) is 52.4 cm³/mol. The summed E-state index contributed by atoms with van der Waals surface area (Å²) in [6, 6.07) is 0. The van der Waals surface area contributed by atoms with Crippen molar-refractivity contribution >= 4 is 16.1 Å². The molecule has 16 heavy (non-hydrogen) atoms. The average molecular weight is 278 g/mol. The highest BCUT2D eigenvalue weighted by atomic mass is 31.2. The van der Waals surface area contributed by atoms with Gasteiger partial charge in [0.15, 0.2) is 0 Å². The van der Waals surface area contributed by atoms with Crippen molar-refractivity contribution < 1.29 is 38.0 Å². The van der Waals surface area contributed by atoms with Gasteiger partial charge in [0.1, 0.15) is 12.2 Å². The molecule has 9 nitrogen and oxygen atoms in total. The molecular formula is C5H14NO8P2+. The first-order valence-corrected chi connectivity index (χ1v) is 6.83. The quantitative estimate of drug-likeness (QED) is 0.345. The van der Waals surface area contributed by atoms with Crippen LogP contribution in [0.25, 0.3) is 0 Å². The molecule has 0 heterocycles. The number of nitrogens with two attached hydrogens (primary N) is 1. The summed E-state index contributed by atoms with van der Waals surface area (Å²) in [4.78, 5) is 25.2. The van der Waals surface area contributed by atoms with Gasteiger partial charge in [0, 0.05) is 4.57 Å². The first-order chi connectivity index (χ1) is 7.26. The molecule has 0 saturated heterocycles. The summed E-state index contributed by atoms with van der Waals surface area (Å²) in [5.74, 6) is 0. The van der Waals surface area contributed by atoms with E-state index in [4.69, 9.17) is 20.4 Å². The summed E-state index contributed by atoms with van der Waals surface area (Å²) in [5, 5.41) is 9.36. The molecule has 6 N–H and O–H groups in total. The molecule has 0 aromatic carbocycles. The lowest BCUT2D eigenvalue weighted by Gasteiger charge is -2.16. The Bertz CT molecular complexity index is 267. The first kappa shape index (κ1) is 16.1. The Morgan fingerprint density at radius 3 is 2.38 bits per heavy atom. The summed E-state index contributed by atoms with van der Waals surface area (Å²) in [5.41, 5.74) is 5.16. The van der Waals surface area contributed by atoms with E-state index in [-0.39, 0.29) is 13.0 Å². The van der Waals surface area contributed by atoms with Crippen LogP contribution >= 0.6 is 16.1 Å². The van der Waals surface area contributed by atoms with E-state index in [1.807, 2.05) is 0 Å². The molecule has 0 aliphatic heterocycles. The Morgan fingerprint density at radius 2 is 2.00 bits per heavy atom. The number of phosphoric ester groups is 1. The van der Waals surface area contributed by atoms with Crippen LogP contribution in [-0.4, -0.2) is 45.1 Å². The summed E-state index contributed by atoms with van der Waals surface area (Å²) >= 11 is 0. The monoisotopic (exact) mass is 278 g/mol. The van der Waals surface area contributed by atoms with Crippen molar-refractivity contribution in [2.45, 2.75) is 18.6 Å². The van der Waals surface area contributed by atoms with Crippen LogP contribution in [0, 0.1) is 0 Å². The molecule has 0 fully saturated rings. The number of hydrogen-bond donors (Lipinski definition) is 5. The summed E-state index contributed by atoms with van der Waals surface area (Å²) in [6.45, 7) is -0.654. The van der Waals surface area contributed by atoms with E-state index < -0.39 is 34.9 Å². The van der Waals surface area contributed by atoms with Gasteiger partial charge in [-0.25, -0.2) is 4.57 Å². The number of aliphatic hydroxyl groups is 1. The Labute approximate surface area is 92.4 Å². The van der Waals surface area contributed by atoms with Gasteiger partial charge in [-0.05, 0) is 13.0 Å². The Kier molecular flexibility index (Phi) is 7.41. The standard InChI is InChI=1S/C5H13NO8P2/c6-2-1-5(14-15(8)9)4(7)3-13-16(10,11)12/h4-5,7H,1-3,6H2,(H2-,8,9,10,11,12)/p+1/t4-,5+/m1/s1. The number of hydrogen-bond acceptors (Lipinski definition) is 6. The van der Waals surface area contributed by atoms with Gasteiger partial charge >= 0.3 is 16.1 Å². The second kappa shape index (κ2) is 7.39. The molecule has 0 aliphatic carbocycles. The summed E-state index contributed by atoms with van der Waals surface area (Å²) in [6.07, 6.45) is -2.53. The van der Waals surface area contributed by atoms with Crippen molar-refractivity contribution in [2.24, 2.45) is 5.73 Å². The fourth-order valence-corrected chi connectivity index (χ4v) is 1.70. The lowest BCUT2D eigenvalue weighted by Crippen LogP contribution is -2.33. The first-order valence-electron chi connectivity index (χ1n) is 4.17. The van der Waals surface area contributed by atoms with Crippen molar-refractivity contribution in [3.63, 3.8) is 0 Å². The zero-order valence-electron chi connectivity index (χ0n) is 8.17. The van der Waals surface area contributed by atoms with E-state index in [2.05, 4.69) is 9.05 Å². The number of phosphoric acid groups is 1. The molecule has 0 radical (unpaired) electrons. The Morgan fingerprint density at radius 1 is 1.44 bits per heavy atom. The fraction of sp³-hybridized carbons (Fsp3) is 1.00. The molecule has 0 saturated carbocycles. The van der Waals surface area contributed by atoms with E-state index in [0.29, 0.717) is 0 Å². The van der Waals surface area contributed by atoms with Crippen LogP contribution in [0.4, 0.5) is 0 Å². The van der Waals surface area contributed by atoms with Crippen molar-refractivity contribution in [2.75, 3.05) is 13.2 Å². The fourth-order valence-electron chi connectivity index (χ4n) is 0.876. The van der Waals surface area contributed by atoms with E-state index in [0.717, 1.165) is 0 Å². The van der Waals surface area contributed by atoms with Crippen molar-refractivity contribution in [1.29, 1.82) is 0 Å². The van der Waals surface area contributed by atoms with Gasteiger partial charge in [-0.2, -0.15) is 0 Å². The highest BCUT2D eigenvalue weighted by Crippen LogP contribution is 2.36. The zero-order valence-corrected chi connectivity index (χ0v) is 9.96. The molecule has 0 spiro atoms. The molecule has 11 heteroatoms. The van der Waals surface area contributed by atoms with Gasteiger partial charge in [-0.3, -0.25) is 4.52 Å². The Hall–Kier alpha value is 0.0500. The molecule has 0 bridgehead atoms. The average Bonchev–Trinajstić information content (AvgIpc) is 2.11. The lowest BCUT2D eigenvalue weighted by atomic mass is 10.1. The maximum Gasteiger partial charge on any atom is 0.695 e. The highest BCUT2D eigenvalue weighted by molar-refractivity contribution is 7.46. The van der Waals surface area contributed by atoms with E-state index in [1.54, 1.807) is 0 Å². The maximum absolute atomic E-state index is 10.4.